The number of ether oxygens (including phenoxy) is 3. The second-order valence-electron chi connectivity index (χ2n) is 9.01. The van der Waals surface area contributed by atoms with Gasteiger partial charge in [0, 0.05) is 24.2 Å². The molecule has 0 fully saturated rings. The van der Waals surface area contributed by atoms with Crippen LogP contribution < -0.4 is 14.2 Å². The molecule has 1 aliphatic heterocycles. The van der Waals surface area contributed by atoms with E-state index < -0.39 is 11.0 Å². The van der Waals surface area contributed by atoms with Crippen molar-refractivity contribution >= 4 is 11.6 Å². The van der Waals surface area contributed by atoms with Crippen molar-refractivity contribution in [1.29, 1.82) is 0 Å². The van der Waals surface area contributed by atoms with Gasteiger partial charge in [0.25, 0.3) is 11.6 Å². The number of amides is 1. The molecule has 0 aromatic heterocycles. The lowest BCUT2D eigenvalue weighted by Crippen LogP contribution is -2.42. The number of benzene rings is 3. The maximum Gasteiger partial charge on any atom is 0.270 e. The van der Waals surface area contributed by atoms with Gasteiger partial charge in [-0.15, -0.1) is 0 Å². The van der Waals surface area contributed by atoms with Crippen LogP contribution in [0.5, 0.6) is 17.2 Å². The van der Waals surface area contributed by atoms with Crippen LogP contribution in [0.3, 0.4) is 0 Å². The van der Waals surface area contributed by atoms with Crippen LogP contribution in [0.4, 0.5) is 5.69 Å². The van der Waals surface area contributed by atoms with Gasteiger partial charge in [-0.1, -0.05) is 32.0 Å². The van der Waals surface area contributed by atoms with Crippen molar-refractivity contribution < 1.29 is 23.9 Å². The van der Waals surface area contributed by atoms with Crippen LogP contribution in [0, 0.1) is 10.1 Å². The Kier molecular flexibility index (Phi) is 7.43. The summed E-state index contributed by atoms with van der Waals surface area (Å²) in [5.41, 5.74) is 3.29. The molecule has 0 radical (unpaired) electrons. The van der Waals surface area contributed by atoms with Gasteiger partial charge in [-0.25, -0.2) is 0 Å². The average molecular weight is 491 g/mol. The molecule has 4 rings (SSSR count). The van der Waals surface area contributed by atoms with Gasteiger partial charge >= 0.3 is 0 Å². The number of hydrogen-bond acceptors (Lipinski definition) is 6. The monoisotopic (exact) mass is 490 g/mol. The van der Waals surface area contributed by atoms with Crippen LogP contribution in [-0.2, 0) is 6.42 Å². The fraction of sp³-hybridized carbons (Fsp3) is 0.321. The van der Waals surface area contributed by atoms with E-state index in [2.05, 4.69) is 13.8 Å². The molecule has 8 heteroatoms. The third-order valence-electron chi connectivity index (χ3n) is 6.52. The van der Waals surface area contributed by atoms with E-state index in [-0.39, 0.29) is 23.8 Å². The van der Waals surface area contributed by atoms with Gasteiger partial charge in [0.15, 0.2) is 11.5 Å². The van der Waals surface area contributed by atoms with Crippen molar-refractivity contribution in [2.45, 2.75) is 32.2 Å². The van der Waals surface area contributed by atoms with Gasteiger partial charge in [-0.05, 0) is 59.4 Å². The molecule has 1 unspecified atom stereocenters. The lowest BCUT2D eigenvalue weighted by atomic mass is 9.91. The molecule has 3 aromatic carbocycles. The Morgan fingerprint density at radius 1 is 1.06 bits per heavy atom. The number of nitro benzene ring substituents is 1. The summed E-state index contributed by atoms with van der Waals surface area (Å²) in [6, 6.07) is 17.1. The van der Waals surface area contributed by atoms with E-state index >= 15 is 0 Å². The molecule has 188 valence electrons. The van der Waals surface area contributed by atoms with Gasteiger partial charge < -0.3 is 19.1 Å². The molecule has 0 aliphatic carbocycles. The molecular weight excluding hydrogens is 460 g/mol. The summed E-state index contributed by atoms with van der Waals surface area (Å²) in [6.45, 7) is 4.91. The van der Waals surface area contributed by atoms with Crippen molar-refractivity contribution in [2.75, 3.05) is 27.4 Å². The summed E-state index contributed by atoms with van der Waals surface area (Å²) in [6.07, 6.45) is 0.607. The average Bonchev–Trinajstić information content (AvgIpc) is 2.90. The van der Waals surface area contributed by atoms with Gasteiger partial charge in [0.1, 0.15) is 12.4 Å². The van der Waals surface area contributed by atoms with Crippen molar-refractivity contribution in [1.82, 2.24) is 4.90 Å². The molecule has 0 N–H and O–H groups in total. The number of nitrogens with zero attached hydrogens (tertiary/aromatic N) is 2. The Bertz CT molecular complexity index is 1260. The first-order chi connectivity index (χ1) is 17.3. The van der Waals surface area contributed by atoms with Gasteiger partial charge in [-0.2, -0.15) is 0 Å². The number of fused-ring (bicyclic) bond motifs is 1. The van der Waals surface area contributed by atoms with Crippen molar-refractivity contribution in [2.24, 2.45) is 0 Å². The van der Waals surface area contributed by atoms with Crippen LogP contribution >= 0.6 is 0 Å². The van der Waals surface area contributed by atoms with Crippen LogP contribution in [0.25, 0.3) is 0 Å². The van der Waals surface area contributed by atoms with Gasteiger partial charge in [0.2, 0.25) is 0 Å². The highest BCUT2D eigenvalue weighted by atomic mass is 16.6. The summed E-state index contributed by atoms with van der Waals surface area (Å²) >= 11 is 0. The first-order valence-corrected chi connectivity index (χ1v) is 11.8. The van der Waals surface area contributed by atoms with E-state index in [0.717, 1.165) is 11.1 Å². The Morgan fingerprint density at radius 3 is 2.39 bits per heavy atom. The fourth-order valence-corrected chi connectivity index (χ4v) is 4.49. The predicted octanol–water partition coefficient (Wildman–Crippen LogP) is 5.55. The van der Waals surface area contributed by atoms with Crippen molar-refractivity contribution in [3.8, 4) is 17.2 Å². The lowest BCUT2D eigenvalue weighted by molar-refractivity contribution is -0.384. The van der Waals surface area contributed by atoms with Crippen LogP contribution in [0.1, 0.15) is 52.9 Å². The molecule has 1 amide bonds. The van der Waals surface area contributed by atoms with E-state index in [0.29, 0.717) is 36.1 Å². The SMILES string of the molecule is COc1cc2c(cc1OC)C(COc1ccc(C(C)C)cc1)N(C(=O)c1cccc([N+](=O)[O-])c1)CC2. The summed E-state index contributed by atoms with van der Waals surface area (Å²) in [5, 5.41) is 11.3. The zero-order valence-electron chi connectivity index (χ0n) is 20.9. The van der Waals surface area contributed by atoms with E-state index in [1.807, 2.05) is 36.4 Å². The fourth-order valence-electron chi connectivity index (χ4n) is 4.49. The molecule has 0 saturated carbocycles. The molecule has 36 heavy (non-hydrogen) atoms. The van der Waals surface area contributed by atoms with Gasteiger partial charge in [-0.3, -0.25) is 14.9 Å². The number of hydrogen-bond donors (Lipinski definition) is 0. The number of carbonyl (C=O) groups excluding carboxylic acids is 1. The first kappa shape index (κ1) is 25.0. The number of non-ortho nitro benzene ring substituents is 1. The maximum absolute atomic E-state index is 13.6. The minimum atomic E-state index is -0.499. The highest BCUT2D eigenvalue weighted by Gasteiger charge is 2.34. The standard InChI is InChI=1S/C28H30N2O6/c1-18(2)19-8-10-23(11-9-19)36-17-25-24-16-27(35-4)26(34-3)15-20(24)12-13-29(25)28(31)21-6-5-7-22(14-21)30(32)33/h5-11,14-16,18,25H,12-13,17H2,1-4H3. The molecule has 1 heterocycles. The smallest absolute Gasteiger partial charge is 0.270 e. The van der Waals surface area contributed by atoms with Crippen molar-refractivity contribution in [3.63, 3.8) is 0 Å². The van der Waals surface area contributed by atoms with Crippen molar-refractivity contribution in [3.05, 3.63) is 93.0 Å². The zero-order valence-corrected chi connectivity index (χ0v) is 20.9. The number of carbonyl (C=O) groups is 1. The summed E-state index contributed by atoms with van der Waals surface area (Å²) in [5.74, 6) is 2.01. The number of methoxy groups -OCH3 is 2. The maximum atomic E-state index is 13.6. The molecular formula is C28H30N2O6. The minimum Gasteiger partial charge on any atom is -0.493 e. The largest absolute Gasteiger partial charge is 0.493 e. The Hall–Kier alpha value is -4.07. The van der Waals surface area contributed by atoms with E-state index in [9.17, 15) is 14.9 Å². The summed E-state index contributed by atoms with van der Waals surface area (Å²) in [4.78, 5) is 26.1. The van der Waals surface area contributed by atoms with Crippen LogP contribution in [0.2, 0.25) is 0 Å². The summed E-state index contributed by atoms with van der Waals surface area (Å²) in [7, 11) is 3.16. The highest BCUT2D eigenvalue weighted by molar-refractivity contribution is 5.95. The molecule has 0 spiro atoms. The predicted molar refractivity (Wildman–Crippen MR) is 136 cm³/mol. The topological polar surface area (TPSA) is 91.1 Å². The van der Waals surface area contributed by atoms with Crippen LogP contribution in [0.15, 0.2) is 60.7 Å². The lowest BCUT2D eigenvalue weighted by Gasteiger charge is -2.37. The van der Waals surface area contributed by atoms with E-state index in [4.69, 9.17) is 14.2 Å². The Balaban J connectivity index is 1.69. The van der Waals surface area contributed by atoms with Crippen LogP contribution in [-0.4, -0.2) is 43.1 Å². The molecule has 1 atom stereocenters. The quantitative estimate of drug-likeness (QED) is 0.304. The molecule has 3 aromatic rings. The third-order valence-corrected chi connectivity index (χ3v) is 6.52. The third kappa shape index (κ3) is 5.12. The zero-order chi connectivity index (χ0) is 25.8. The normalized spacial score (nSPS) is 14.8. The second-order valence-corrected chi connectivity index (χ2v) is 9.01. The molecule has 0 saturated heterocycles. The first-order valence-electron chi connectivity index (χ1n) is 11.8. The van der Waals surface area contributed by atoms with E-state index in [1.165, 1.54) is 23.8 Å². The Morgan fingerprint density at radius 2 is 1.75 bits per heavy atom. The van der Waals surface area contributed by atoms with Gasteiger partial charge in [0.05, 0.1) is 25.2 Å². The molecule has 8 nitrogen and oxygen atoms in total. The highest BCUT2D eigenvalue weighted by Crippen LogP contribution is 2.39. The van der Waals surface area contributed by atoms with E-state index in [1.54, 1.807) is 25.2 Å². The second kappa shape index (κ2) is 10.7. The molecule has 0 bridgehead atoms. The molecule has 1 aliphatic rings. The number of nitro groups is 1. The number of rotatable bonds is 8. The summed E-state index contributed by atoms with van der Waals surface area (Å²) < 4.78 is 17.2. The minimum absolute atomic E-state index is 0.122. The Labute approximate surface area is 210 Å².